The van der Waals surface area contributed by atoms with E-state index in [0.717, 1.165) is 18.1 Å². The summed E-state index contributed by atoms with van der Waals surface area (Å²) in [5.41, 5.74) is 10.2. The summed E-state index contributed by atoms with van der Waals surface area (Å²) < 4.78 is 0.298. The van der Waals surface area contributed by atoms with E-state index in [1.165, 1.54) is 0 Å². The van der Waals surface area contributed by atoms with Gasteiger partial charge in [-0.2, -0.15) is 0 Å². The van der Waals surface area contributed by atoms with Gasteiger partial charge in [-0.3, -0.25) is 0 Å². The van der Waals surface area contributed by atoms with Crippen LogP contribution < -0.4 is 0 Å². The van der Waals surface area contributed by atoms with Gasteiger partial charge in [-0.25, -0.2) is 0 Å². The van der Waals surface area contributed by atoms with Crippen molar-refractivity contribution in [1.29, 1.82) is 0 Å². The van der Waals surface area contributed by atoms with Crippen molar-refractivity contribution in [3.8, 4) is 0 Å². The molecular formula is C45H66Si6. The van der Waals surface area contributed by atoms with Crippen molar-refractivity contribution < 1.29 is 0 Å². The second kappa shape index (κ2) is 10.7. The minimum Gasteiger partial charge on any atom is -0.103 e. The third kappa shape index (κ3) is 3.86. The molecule has 0 nitrogen and oxygen atoms in total. The van der Waals surface area contributed by atoms with Crippen molar-refractivity contribution in [1.82, 2.24) is 0 Å². The van der Waals surface area contributed by atoms with E-state index >= 15 is 0 Å². The highest BCUT2D eigenvalue weighted by molar-refractivity contribution is 7.03. The van der Waals surface area contributed by atoms with Gasteiger partial charge in [-0.15, -0.1) is 19.7 Å². The summed E-state index contributed by atoms with van der Waals surface area (Å²) in [5.74, 6) is 0. The molecule has 0 atom stereocenters. The van der Waals surface area contributed by atoms with Gasteiger partial charge in [0.2, 0.25) is 0 Å². The molecule has 7 rings (SSSR count). The molecule has 0 spiro atoms. The highest BCUT2D eigenvalue weighted by Crippen LogP contribution is 2.70. The van der Waals surface area contributed by atoms with Gasteiger partial charge in [0.05, 0.1) is 48.4 Å². The molecule has 6 heteroatoms. The quantitative estimate of drug-likeness (QED) is 0.0764. The van der Waals surface area contributed by atoms with Crippen LogP contribution in [0.4, 0.5) is 0 Å². The minimum atomic E-state index is -1.97. The Labute approximate surface area is 317 Å². The van der Waals surface area contributed by atoms with E-state index in [-0.39, 0.29) is 14.0 Å². The van der Waals surface area contributed by atoms with Crippen LogP contribution in [0.1, 0.15) is 33.4 Å². The van der Waals surface area contributed by atoms with Crippen LogP contribution in [-0.2, 0) is 14.0 Å². The lowest BCUT2D eigenvalue weighted by Gasteiger charge is -2.54. The molecule has 4 aromatic carbocycles. The van der Waals surface area contributed by atoms with Gasteiger partial charge in [0.25, 0.3) is 0 Å². The summed E-state index contributed by atoms with van der Waals surface area (Å²) in [4.78, 5) is 0. The molecule has 4 aromatic rings. The van der Waals surface area contributed by atoms with Gasteiger partial charge in [-0.1, -0.05) is 153 Å². The van der Waals surface area contributed by atoms with Gasteiger partial charge in [0, 0.05) is 14.0 Å². The molecule has 0 saturated heterocycles. The fourth-order valence-corrected chi connectivity index (χ4v) is 55.0. The lowest BCUT2D eigenvalue weighted by molar-refractivity contribution is 0.931. The molecule has 0 unspecified atom stereocenters. The van der Waals surface area contributed by atoms with Crippen molar-refractivity contribution in [2.24, 2.45) is 0 Å². The van der Waals surface area contributed by atoms with Crippen LogP contribution in [0.25, 0.3) is 32.3 Å². The van der Waals surface area contributed by atoms with E-state index in [9.17, 15) is 0 Å². The van der Waals surface area contributed by atoms with Crippen LogP contribution in [0.5, 0.6) is 0 Å². The zero-order valence-corrected chi connectivity index (χ0v) is 40.9. The largest absolute Gasteiger partial charge is 0.103 e. The number of hydrogen-bond donors (Lipinski definition) is 0. The summed E-state index contributed by atoms with van der Waals surface area (Å²) in [6, 6.07) is 19.8. The Kier molecular flexibility index (Phi) is 7.86. The monoisotopic (exact) mass is 774 g/mol. The van der Waals surface area contributed by atoms with Crippen molar-refractivity contribution in [2.45, 2.75) is 130 Å². The highest BCUT2D eigenvalue weighted by atomic mass is 28.4. The second-order valence-corrected chi connectivity index (χ2v) is 53.9. The van der Waals surface area contributed by atoms with E-state index in [2.05, 4.69) is 173 Å². The lowest BCUT2D eigenvalue weighted by Crippen LogP contribution is -2.65. The third-order valence-corrected chi connectivity index (χ3v) is 48.0. The normalized spacial score (nSPS) is 24.3. The Bertz CT molecular complexity index is 1850. The molecule has 270 valence electrons. The fourth-order valence-electron chi connectivity index (χ4n) is 14.9. The average Bonchev–Trinajstić information content (AvgIpc) is 3.57. The van der Waals surface area contributed by atoms with Crippen LogP contribution in [0.15, 0.2) is 74.4 Å². The third-order valence-electron chi connectivity index (χ3n) is 15.2. The Hall–Kier alpha value is -1.82. The van der Waals surface area contributed by atoms with Crippen molar-refractivity contribution in [2.75, 3.05) is 0 Å². The van der Waals surface area contributed by atoms with E-state index in [1.54, 1.807) is 65.7 Å². The number of rotatable bonds is 12. The standard InChI is InChI=1S/C45H66Si6/c1-19-28-49(13,14)43(46(4,5)6)31-22-24-33-39-37(31)38-32(43)23-25-34-40(38)42-36(45(34,48(10,11)12)51(17,18)30-21-3)27-26-35(41(39)42)44(33,47(7,8)9)50(15,16)29-20-2/h19-27H,1-3,28-30H2,4-18H3. The first kappa shape index (κ1) is 37.5. The maximum atomic E-state index is 4.40. The molecule has 0 N–H and O–H groups in total. The molecule has 0 radical (unpaired) electrons. The van der Waals surface area contributed by atoms with Crippen LogP contribution in [0, 0.1) is 0 Å². The van der Waals surface area contributed by atoms with E-state index in [1.807, 2.05) is 0 Å². The van der Waals surface area contributed by atoms with Gasteiger partial charge in [0.15, 0.2) is 0 Å². The molecule has 0 aliphatic heterocycles. The molecule has 0 saturated carbocycles. The smallest absolute Gasteiger partial charge is 0.0646 e. The number of allylic oxidation sites excluding steroid dienone is 3. The van der Waals surface area contributed by atoms with Gasteiger partial charge in [0.1, 0.15) is 0 Å². The van der Waals surface area contributed by atoms with Crippen molar-refractivity contribution in [3.63, 3.8) is 0 Å². The second-order valence-electron chi connectivity index (χ2n) is 21.9. The van der Waals surface area contributed by atoms with E-state index in [0.29, 0.717) is 0 Å². The van der Waals surface area contributed by atoms with E-state index < -0.39 is 48.4 Å². The maximum absolute atomic E-state index is 4.40. The lowest BCUT2D eigenvalue weighted by atomic mass is 9.95. The molecule has 3 aliphatic rings. The summed E-state index contributed by atoms with van der Waals surface area (Å²) >= 11 is 0. The first-order valence-electron chi connectivity index (χ1n) is 19.7. The van der Waals surface area contributed by atoms with Crippen molar-refractivity contribution >= 4 is 80.8 Å². The molecule has 0 bridgehead atoms. The molecule has 51 heavy (non-hydrogen) atoms. The molecular weight excluding hydrogens is 709 g/mol. The summed E-state index contributed by atoms with van der Waals surface area (Å²) in [7, 11) is -11.6. The Balaban J connectivity index is 1.88. The topological polar surface area (TPSA) is 0 Å². The fraction of sp³-hybridized carbons (Fsp3) is 0.467. The first-order chi connectivity index (χ1) is 23.4. The SMILES string of the molecule is C=CC[Si](C)(C)C1([Si](C)(C)C)c2ccc3c4c2c2c1ccc1c2c2c(ccc(c42)C3([Si](C)(C)C)[Si](C)(C)CC=C)C1([Si](C)(C)C)[Si](C)(C)CC=C. The van der Waals surface area contributed by atoms with E-state index in [4.69, 9.17) is 0 Å². The average molecular weight is 776 g/mol. The number of hydrogen-bond acceptors (Lipinski definition) is 0. The Morgan fingerprint density at radius 3 is 0.627 bits per heavy atom. The van der Waals surface area contributed by atoms with Crippen LogP contribution >= 0.6 is 0 Å². The molecule has 3 aliphatic carbocycles. The molecule has 0 fully saturated rings. The van der Waals surface area contributed by atoms with Crippen LogP contribution in [0.3, 0.4) is 0 Å². The molecule has 0 heterocycles. The van der Waals surface area contributed by atoms with Crippen molar-refractivity contribution in [3.05, 3.63) is 108 Å². The maximum Gasteiger partial charge on any atom is 0.0646 e. The molecule has 0 amide bonds. The Morgan fingerprint density at radius 2 is 0.510 bits per heavy atom. The summed E-state index contributed by atoms with van der Waals surface area (Å²) in [5, 5.41) is 10.1. The Morgan fingerprint density at radius 1 is 0.353 bits per heavy atom. The van der Waals surface area contributed by atoms with Gasteiger partial charge in [-0.05, 0) is 83.8 Å². The predicted molar refractivity (Wildman–Crippen MR) is 249 cm³/mol. The van der Waals surface area contributed by atoms with Crippen LogP contribution in [0.2, 0.25) is 116 Å². The van der Waals surface area contributed by atoms with Crippen LogP contribution in [-0.4, -0.2) is 48.4 Å². The highest BCUT2D eigenvalue weighted by Gasteiger charge is 2.67. The van der Waals surface area contributed by atoms with Gasteiger partial charge < -0.3 is 0 Å². The first-order valence-corrected chi connectivity index (χ1v) is 39.9. The summed E-state index contributed by atoms with van der Waals surface area (Å²) in [6.45, 7) is 53.8. The summed E-state index contributed by atoms with van der Waals surface area (Å²) in [6.07, 6.45) is 6.82. The predicted octanol–water partition coefficient (Wildman–Crippen LogP) is 13.9. The zero-order valence-electron chi connectivity index (χ0n) is 34.9. The number of benzene rings is 4. The molecule has 0 aromatic heterocycles. The van der Waals surface area contributed by atoms with Gasteiger partial charge >= 0.3 is 0 Å². The zero-order chi connectivity index (χ0) is 37.9. The minimum absolute atomic E-state index is 0.0994.